The number of fused-ring (bicyclic) bond motifs is 1. The highest BCUT2D eigenvalue weighted by Crippen LogP contribution is 2.23. The van der Waals surface area contributed by atoms with Gasteiger partial charge in [0.15, 0.2) is 0 Å². The van der Waals surface area contributed by atoms with Gasteiger partial charge in [-0.05, 0) is 18.6 Å². The Labute approximate surface area is 135 Å². The van der Waals surface area contributed by atoms with Gasteiger partial charge in [0.25, 0.3) is 0 Å². The summed E-state index contributed by atoms with van der Waals surface area (Å²) in [6.07, 6.45) is 5.70. The average molecular weight is 327 g/mol. The van der Waals surface area contributed by atoms with Gasteiger partial charge in [0.1, 0.15) is 10.7 Å². The number of aromatic nitrogens is 5. The second-order valence-electron chi connectivity index (χ2n) is 4.88. The Hall–Kier alpha value is -2.12. The van der Waals surface area contributed by atoms with Gasteiger partial charge in [-0.15, -0.1) is 27.8 Å². The normalized spacial score (nSPS) is 11.3. The predicted octanol–water partition coefficient (Wildman–Crippen LogP) is 3.64. The van der Waals surface area contributed by atoms with Crippen molar-refractivity contribution in [3.8, 4) is 10.7 Å². The summed E-state index contributed by atoms with van der Waals surface area (Å²) >= 11 is 3.35. The lowest BCUT2D eigenvalue weighted by atomic mass is 10.3. The molecule has 0 radical (unpaired) electrons. The molecule has 0 N–H and O–H groups in total. The summed E-state index contributed by atoms with van der Waals surface area (Å²) < 4.78 is 3.13. The Morgan fingerprint density at radius 1 is 1.18 bits per heavy atom. The monoisotopic (exact) mass is 327 g/mol. The van der Waals surface area contributed by atoms with E-state index in [2.05, 4.69) is 38.5 Å². The van der Waals surface area contributed by atoms with Crippen LogP contribution in [0.2, 0.25) is 0 Å². The molecule has 0 saturated heterocycles. The fourth-order valence-corrected chi connectivity index (χ4v) is 3.87. The SMILES string of the molecule is c1ccc2sc(CCCn3cc(-c4nccs4)nn3)nc2c1. The van der Waals surface area contributed by atoms with Crippen molar-refractivity contribution in [1.82, 2.24) is 25.0 Å². The predicted molar refractivity (Wildman–Crippen MR) is 89.1 cm³/mol. The molecule has 0 amide bonds. The van der Waals surface area contributed by atoms with Gasteiger partial charge in [0.05, 0.1) is 21.4 Å². The third-order valence-corrected chi connectivity index (χ3v) is 5.20. The third-order valence-electron chi connectivity index (χ3n) is 3.31. The molecule has 5 nitrogen and oxygen atoms in total. The first-order valence-corrected chi connectivity index (χ1v) is 8.72. The molecular weight excluding hydrogens is 314 g/mol. The zero-order valence-corrected chi connectivity index (χ0v) is 13.3. The second-order valence-corrected chi connectivity index (χ2v) is 6.89. The summed E-state index contributed by atoms with van der Waals surface area (Å²) in [5, 5.41) is 12.4. The molecule has 110 valence electrons. The summed E-state index contributed by atoms with van der Waals surface area (Å²) in [4.78, 5) is 8.90. The molecule has 0 unspecified atom stereocenters. The highest BCUT2D eigenvalue weighted by atomic mass is 32.1. The maximum atomic E-state index is 4.65. The van der Waals surface area contributed by atoms with Gasteiger partial charge >= 0.3 is 0 Å². The van der Waals surface area contributed by atoms with Crippen molar-refractivity contribution in [3.63, 3.8) is 0 Å². The minimum Gasteiger partial charge on any atom is -0.252 e. The number of thiazole rings is 2. The summed E-state index contributed by atoms with van der Waals surface area (Å²) in [6.45, 7) is 0.842. The molecule has 0 bridgehead atoms. The Morgan fingerprint density at radius 3 is 3.00 bits per heavy atom. The number of para-hydroxylation sites is 1. The maximum absolute atomic E-state index is 4.65. The van der Waals surface area contributed by atoms with E-state index in [1.165, 1.54) is 9.71 Å². The van der Waals surface area contributed by atoms with Crippen LogP contribution in [0.1, 0.15) is 11.4 Å². The minimum atomic E-state index is 0.842. The minimum absolute atomic E-state index is 0.842. The van der Waals surface area contributed by atoms with Gasteiger partial charge in [0, 0.05) is 24.5 Å². The summed E-state index contributed by atoms with van der Waals surface area (Å²) in [6, 6.07) is 8.27. The molecule has 22 heavy (non-hydrogen) atoms. The van der Waals surface area contributed by atoms with E-state index in [9.17, 15) is 0 Å². The first-order chi connectivity index (χ1) is 10.9. The number of rotatable bonds is 5. The van der Waals surface area contributed by atoms with E-state index in [1.54, 1.807) is 28.9 Å². The summed E-state index contributed by atoms with van der Waals surface area (Å²) in [5.74, 6) is 0. The smallest absolute Gasteiger partial charge is 0.145 e. The molecule has 0 aliphatic heterocycles. The van der Waals surface area contributed by atoms with Crippen molar-refractivity contribution < 1.29 is 0 Å². The molecular formula is C15H13N5S2. The van der Waals surface area contributed by atoms with Gasteiger partial charge in [-0.1, -0.05) is 17.3 Å². The molecule has 3 heterocycles. The van der Waals surface area contributed by atoms with Crippen molar-refractivity contribution in [3.05, 3.63) is 47.0 Å². The molecule has 3 aromatic heterocycles. The highest BCUT2D eigenvalue weighted by Gasteiger charge is 2.07. The maximum Gasteiger partial charge on any atom is 0.145 e. The van der Waals surface area contributed by atoms with E-state index >= 15 is 0 Å². The third kappa shape index (κ3) is 2.77. The first-order valence-electron chi connectivity index (χ1n) is 7.03. The Balaban J connectivity index is 1.38. The molecule has 0 atom stereocenters. The first kappa shape index (κ1) is 13.5. The van der Waals surface area contributed by atoms with Crippen LogP contribution in [-0.2, 0) is 13.0 Å². The quantitative estimate of drug-likeness (QED) is 0.561. The average Bonchev–Trinajstić information content (AvgIpc) is 3.27. The Bertz CT molecular complexity index is 845. The van der Waals surface area contributed by atoms with E-state index in [0.717, 1.165) is 35.6 Å². The Kier molecular flexibility index (Phi) is 3.65. The largest absolute Gasteiger partial charge is 0.252 e. The van der Waals surface area contributed by atoms with Crippen LogP contribution in [0.4, 0.5) is 0 Å². The van der Waals surface area contributed by atoms with Crippen molar-refractivity contribution >= 4 is 32.9 Å². The van der Waals surface area contributed by atoms with Gasteiger partial charge in [-0.3, -0.25) is 4.68 Å². The van der Waals surface area contributed by atoms with Crippen LogP contribution >= 0.6 is 22.7 Å². The van der Waals surface area contributed by atoms with Crippen LogP contribution in [0.15, 0.2) is 42.0 Å². The number of nitrogens with zero attached hydrogens (tertiary/aromatic N) is 5. The van der Waals surface area contributed by atoms with E-state index in [1.807, 2.05) is 22.3 Å². The van der Waals surface area contributed by atoms with Gasteiger partial charge in [0.2, 0.25) is 0 Å². The van der Waals surface area contributed by atoms with E-state index in [4.69, 9.17) is 0 Å². The van der Waals surface area contributed by atoms with Crippen molar-refractivity contribution in [2.45, 2.75) is 19.4 Å². The van der Waals surface area contributed by atoms with E-state index < -0.39 is 0 Å². The van der Waals surface area contributed by atoms with E-state index in [-0.39, 0.29) is 0 Å². The number of hydrogen-bond acceptors (Lipinski definition) is 6. The van der Waals surface area contributed by atoms with Crippen LogP contribution < -0.4 is 0 Å². The van der Waals surface area contributed by atoms with Crippen molar-refractivity contribution in [2.75, 3.05) is 0 Å². The second kappa shape index (κ2) is 5.94. The molecule has 1 aromatic carbocycles. The molecule has 0 saturated carbocycles. The molecule has 0 aliphatic carbocycles. The number of benzene rings is 1. The van der Waals surface area contributed by atoms with Crippen molar-refractivity contribution in [2.24, 2.45) is 0 Å². The Morgan fingerprint density at radius 2 is 2.14 bits per heavy atom. The topological polar surface area (TPSA) is 56.5 Å². The lowest BCUT2D eigenvalue weighted by molar-refractivity contribution is 0.558. The lowest BCUT2D eigenvalue weighted by Gasteiger charge is -1.97. The van der Waals surface area contributed by atoms with Crippen LogP contribution in [0.3, 0.4) is 0 Å². The zero-order valence-electron chi connectivity index (χ0n) is 11.7. The highest BCUT2D eigenvalue weighted by molar-refractivity contribution is 7.18. The standard InChI is InChI=1S/C15H13N5S2/c1-2-5-13-11(4-1)17-14(22-13)6-3-8-20-10-12(18-19-20)15-16-7-9-21-15/h1-2,4-5,7,9-10H,3,6,8H2. The van der Waals surface area contributed by atoms with Crippen LogP contribution in [-0.4, -0.2) is 25.0 Å². The molecule has 0 spiro atoms. The molecule has 7 heteroatoms. The van der Waals surface area contributed by atoms with Crippen LogP contribution in [0, 0.1) is 0 Å². The molecule has 0 fully saturated rings. The lowest BCUT2D eigenvalue weighted by Crippen LogP contribution is -2.00. The van der Waals surface area contributed by atoms with Crippen LogP contribution in [0.5, 0.6) is 0 Å². The molecule has 0 aliphatic rings. The summed E-state index contributed by atoms with van der Waals surface area (Å²) in [7, 11) is 0. The zero-order chi connectivity index (χ0) is 14.8. The fourth-order valence-electron chi connectivity index (χ4n) is 2.27. The molecule has 4 rings (SSSR count). The summed E-state index contributed by atoms with van der Waals surface area (Å²) in [5.41, 5.74) is 1.93. The fraction of sp³-hybridized carbons (Fsp3) is 0.200. The number of hydrogen-bond donors (Lipinski definition) is 0. The van der Waals surface area contributed by atoms with Gasteiger partial charge in [-0.25, -0.2) is 9.97 Å². The van der Waals surface area contributed by atoms with Gasteiger partial charge < -0.3 is 0 Å². The van der Waals surface area contributed by atoms with E-state index in [0.29, 0.717) is 0 Å². The van der Waals surface area contributed by atoms with Crippen LogP contribution in [0.25, 0.3) is 20.9 Å². The van der Waals surface area contributed by atoms with Crippen molar-refractivity contribution in [1.29, 1.82) is 0 Å². The van der Waals surface area contributed by atoms with Gasteiger partial charge in [-0.2, -0.15) is 0 Å². The molecule has 4 aromatic rings. The number of aryl methyl sites for hydroxylation is 2.